The van der Waals surface area contributed by atoms with Gasteiger partial charge in [0.15, 0.2) is 0 Å². The Morgan fingerprint density at radius 1 is 1.03 bits per heavy atom. The standard InChI is InChI=1S/C23H17F4N3OS/c1-28-32(31)21-5-3-2-4-18(21)15-7-8-19-20(12-15)30-22(29-19)9-6-14-10-16(23(25,26)27)13-17(24)11-14/h2-13,28H,1H3,(H,29,30)/b9-6+. The average molecular weight is 459 g/mol. The molecule has 2 N–H and O–H groups in total. The number of aromatic amines is 1. The number of imidazole rings is 1. The number of rotatable bonds is 5. The van der Waals surface area contributed by atoms with Crippen LogP contribution in [-0.4, -0.2) is 21.2 Å². The predicted octanol–water partition coefficient (Wildman–Crippen LogP) is 5.80. The highest BCUT2D eigenvalue weighted by molar-refractivity contribution is 7.83. The first-order valence-corrected chi connectivity index (χ1v) is 10.6. The number of halogens is 4. The fraction of sp³-hybridized carbons (Fsp3) is 0.0870. The van der Waals surface area contributed by atoms with Gasteiger partial charge in [0.1, 0.15) is 22.6 Å². The van der Waals surface area contributed by atoms with Gasteiger partial charge in [-0.1, -0.05) is 30.3 Å². The molecular weight excluding hydrogens is 442 g/mol. The molecule has 0 fully saturated rings. The summed E-state index contributed by atoms with van der Waals surface area (Å²) in [4.78, 5) is 8.13. The van der Waals surface area contributed by atoms with Crippen LogP contribution in [-0.2, 0) is 17.2 Å². The molecule has 1 atom stereocenters. The van der Waals surface area contributed by atoms with E-state index in [4.69, 9.17) is 0 Å². The maximum Gasteiger partial charge on any atom is 0.416 e. The molecule has 1 unspecified atom stereocenters. The molecule has 32 heavy (non-hydrogen) atoms. The summed E-state index contributed by atoms with van der Waals surface area (Å²) in [6, 6.07) is 15.2. The van der Waals surface area contributed by atoms with E-state index in [1.807, 2.05) is 30.3 Å². The summed E-state index contributed by atoms with van der Waals surface area (Å²) < 4.78 is 67.3. The van der Waals surface area contributed by atoms with Crippen molar-refractivity contribution in [3.8, 4) is 11.1 Å². The molecule has 0 bridgehead atoms. The molecule has 0 spiro atoms. The van der Waals surface area contributed by atoms with Crippen LogP contribution in [0.3, 0.4) is 0 Å². The topological polar surface area (TPSA) is 57.8 Å². The van der Waals surface area contributed by atoms with Crippen molar-refractivity contribution in [3.05, 3.63) is 83.4 Å². The third kappa shape index (κ3) is 4.63. The van der Waals surface area contributed by atoms with Crippen LogP contribution in [0, 0.1) is 5.82 Å². The van der Waals surface area contributed by atoms with E-state index in [1.54, 1.807) is 19.2 Å². The van der Waals surface area contributed by atoms with Crippen LogP contribution in [0.25, 0.3) is 34.3 Å². The van der Waals surface area contributed by atoms with Crippen molar-refractivity contribution in [1.29, 1.82) is 0 Å². The van der Waals surface area contributed by atoms with Crippen molar-refractivity contribution >= 4 is 34.2 Å². The van der Waals surface area contributed by atoms with Gasteiger partial charge in [-0.25, -0.2) is 18.3 Å². The molecule has 0 amide bonds. The number of aromatic nitrogens is 2. The molecule has 1 aromatic heterocycles. The van der Waals surface area contributed by atoms with Gasteiger partial charge in [0.25, 0.3) is 0 Å². The van der Waals surface area contributed by atoms with Crippen LogP contribution >= 0.6 is 0 Å². The Hall–Kier alpha value is -3.30. The molecule has 0 aliphatic rings. The lowest BCUT2D eigenvalue weighted by atomic mass is 10.1. The van der Waals surface area contributed by atoms with Crippen molar-refractivity contribution in [3.63, 3.8) is 0 Å². The summed E-state index contributed by atoms with van der Waals surface area (Å²) >= 11 is 0. The fourth-order valence-corrected chi connectivity index (χ4v) is 4.11. The molecule has 0 saturated carbocycles. The lowest BCUT2D eigenvalue weighted by Gasteiger charge is -2.08. The second kappa shape index (κ2) is 8.68. The van der Waals surface area contributed by atoms with Gasteiger partial charge in [0, 0.05) is 0 Å². The fourth-order valence-electron chi connectivity index (χ4n) is 3.30. The zero-order chi connectivity index (χ0) is 22.9. The molecule has 0 radical (unpaired) electrons. The molecule has 4 nitrogen and oxygen atoms in total. The number of nitrogens with zero attached hydrogens (tertiary/aromatic N) is 1. The number of benzene rings is 3. The van der Waals surface area contributed by atoms with Crippen molar-refractivity contribution in [1.82, 2.24) is 14.7 Å². The molecule has 0 aliphatic heterocycles. The molecule has 1 heterocycles. The number of nitrogens with one attached hydrogen (secondary N) is 2. The predicted molar refractivity (Wildman–Crippen MR) is 117 cm³/mol. The van der Waals surface area contributed by atoms with Gasteiger partial charge in [0.2, 0.25) is 0 Å². The van der Waals surface area contributed by atoms with Gasteiger partial charge in [0.05, 0.1) is 21.5 Å². The van der Waals surface area contributed by atoms with Gasteiger partial charge in [-0.2, -0.15) is 13.2 Å². The van der Waals surface area contributed by atoms with E-state index in [2.05, 4.69) is 14.7 Å². The quantitative estimate of drug-likeness (QED) is 0.371. The van der Waals surface area contributed by atoms with Gasteiger partial charge < -0.3 is 4.98 Å². The van der Waals surface area contributed by atoms with Crippen molar-refractivity contribution in [2.45, 2.75) is 11.1 Å². The van der Waals surface area contributed by atoms with Crippen LogP contribution in [0.5, 0.6) is 0 Å². The Morgan fingerprint density at radius 3 is 2.56 bits per heavy atom. The summed E-state index contributed by atoms with van der Waals surface area (Å²) in [6.07, 6.45) is -1.78. The number of alkyl halides is 3. The number of fused-ring (bicyclic) bond motifs is 1. The minimum absolute atomic E-state index is 0.0712. The number of H-pyrrole nitrogens is 1. The minimum atomic E-state index is -4.63. The largest absolute Gasteiger partial charge is 0.416 e. The molecular formula is C23H17F4N3OS. The van der Waals surface area contributed by atoms with Crippen molar-refractivity contribution < 1.29 is 21.8 Å². The molecule has 4 aromatic rings. The first kappa shape index (κ1) is 21.9. The van der Waals surface area contributed by atoms with Crippen LogP contribution in [0.15, 0.2) is 65.6 Å². The lowest BCUT2D eigenvalue weighted by Crippen LogP contribution is -2.11. The SMILES string of the molecule is CNS(=O)c1ccccc1-c1ccc2nc(/C=C/c3cc(F)cc(C(F)(F)F)c3)[nH]c2c1. The highest BCUT2D eigenvalue weighted by Crippen LogP contribution is 2.31. The van der Waals surface area contributed by atoms with Crippen LogP contribution in [0.4, 0.5) is 17.6 Å². The maximum atomic E-state index is 13.6. The van der Waals surface area contributed by atoms with E-state index in [1.165, 1.54) is 12.2 Å². The van der Waals surface area contributed by atoms with Crippen molar-refractivity contribution in [2.24, 2.45) is 0 Å². The van der Waals surface area contributed by atoms with E-state index < -0.39 is 28.5 Å². The molecule has 0 aliphatic carbocycles. The Balaban J connectivity index is 1.67. The number of hydrogen-bond acceptors (Lipinski definition) is 2. The lowest BCUT2D eigenvalue weighted by molar-refractivity contribution is -0.137. The Labute approximate surface area is 183 Å². The Morgan fingerprint density at radius 2 is 1.81 bits per heavy atom. The Kier molecular flexibility index (Phi) is 5.94. The van der Waals surface area contributed by atoms with E-state index in [-0.39, 0.29) is 5.56 Å². The zero-order valence-corrected chi connectivity index (χ0v) is 17.5. The van der Waals surface area contributed by atoms with E-state index in [0.717, 1.165) is 23.3 Å². The third-order valence-electron chi connectivity index (χ3n) is 4.76. The van der Waals surface area contributed by atoms with Gasteiger partial charge in [-0.05, 0) is 66.2 Å². The number of hydrogen-bond donors (Lipinski definition) is 2. The molecule has 9 heteroatoms. The van der Waals surface area contributed by atoms with Crippen molar-refractivity contribution in [2.75, 3.05) is 7.05 Å². The minimum Gasteiger partial charge on any atom is -0.338 e. The van der Waals surface area contributed by atoms with Gasteiger partial charge >= 0.3 is 6.18 Å². The summed E-state index contributed by atoms with van der Waals surface area (Å²) in [5.74, 6) is -0.562. The summed E-state index contributed by atoms with van der Waals surface area (Å²) in [6.45, 7) is 0. The van der Waals surface area contributed by atoms with E-state index >= 15 is 0 Å². The summed E-state index contributed by atoms with van der Waals surface area (Å²) in [5.41, 5.74) is 1.99. The highest BCUT2D eigenvalue weighted by atomic mass is 32.2. The van der Waals surface area contributed by atoms with E-state index in [9.17, 15) is 21.8 Å². The monoisotopic (exact) mass is 459 g/mol. The molecule has 3 aromatic carbocycles. The molecule has 4 rings (SSSR count). The second-order valence-electron chi connectivity index (χ2n) is 6.93. The van der Waals surface area contributed by atoms with Crippen LogP contribution in [0.2, 0.25) is 0 Å². The summed E-state index contributed by atoms with van der Waals surface area (Å²) in [5, 5.41) is 0. The maximum absolute atomic E-state index is 13.6. The van der Waals surface area contributed by atoms with Crippen LogP contribution in [0.1, 0.15) is 17.0 Å². The second-order valence-corrected chi connectivity index (χ2v) is 8.31. The molecule has 164 valence electrons. The van der Waals surface area contributed by atoms with Crippen LogP contribution < -0.4 is 4.72 Å². The van der Waals surface area contributed by atoms with E-state index in [0.29, 0.717) is 27.8 Å². The summed E-state index contributed by atoms with van der Waals surface area (Å²) in [7, 11) is 0.248. The smallest absolute Gasteiger partial charge is 0.338 e. The first-order valence-electron chi connectivity index (χ1n) is 9.49. The average Bonchev–Trinajstić information content (AvgIpc) is 3.18. The highest BCUT2D eigenvalue weighted by Gasteiger charge is 2.31. The third-order valence-corrected chi connectivity index (χ3v) is 5.89. The normalized spacial score (nSPS) is 13.2. The van der Waals surface area contributed by atoms with Gasteiger partial charge in [-0.15, -0.1) is 0 Å². The van der Waals surface area contributed by atoms with Gasteiger partial charge in [-0.3, -0.25) is 0 Å². The Bertz CT molecular complexity index is 1340. The zero-order valence-electron chi connectivity index (χ0n) is 16.7. The molecule has 0 saturated heterocycles. The first-order chi connectivity index (χ1) is 15.2.